The molecule has 50 heavy (non-hydrogen) atoms. The zero-order valence-corrected chi connectivity index (χ0v) is 34.5. The number of amides is 1. The van der Waals surface area contributed by atoms with Gasteiger partial charge in [-0.15, -0.1) is 0 Å². The third-order valence-electron chi connectivity index (χ3n) is 9.50. The minimum Gasteiger partial charge on any atom is -0.756 e. The first kappa shape index (κ1) is 49.2. The molecule has 0 heterocycles. The molecule has 9 heteroatoms. The predicted octanol–water partition coefficient (Wildman–Crippen LogP) is 10.6. The van der Waals surface area contributed by atoms with E-state index in [9.17, 15) is 19.4 Å². The van der Waals surface area contributed by atoms with Crippen LogP contribution in [0.5, 0.6) is 0 Å². The quantitative estimate of drug-likeness (QED) is 0.0283. The summed E-state index contributed by atoms with van der Waals surface area (Å²) < 4.78 is 23.2. The lowest BCUT2D eigenvalue weighted by molar-refractivity contribution is -0.870. The summed E-state index contributed by atoms with van der Waals surface area (Å²) >= 11 is 0. The Labute approximate surface area is 310 Å². The molecule has 298 valence electrons. The fourth-order valence-electron chi connectivity index (χ4n) is 6.09. The predicted molar refractivity (Wildman–Crippen MR) is 210 cm³/mol. The van der Waals surface area contributed by atoms with E-state index in [0.29, 0.717) is 23.9 Å². The number of nitrogens with one attached hydrogen (secondary N) is 1. The first-order valence-corrected chi connectivity index (χ1v) is 22.5. The lowest BCUT2D eigenvalue weighted by atomic mass is 10.0. The third kappa shape index (κ3) is 35.6. The van der Waals surface area contributed by atoms with Crippen molar-refractivity contribution in [1.82, 2.24) is 5.32 Å². The van der Waals surface area contributed by atoms with Gasteiger partial charge in [0.25, 0.3) is 7.82 Å². The molecule has 0 bridgehead atoms. The first-order chi connectivity index (χ1) is 24.0. The smallest absolute Gasteiger partial charge is 0.268 e. The fourth-order valence-corrected chi connectivity index (χ4v) is 6.81. The van der Waals surface area contributed by atoms with Crippen molar-refractivity contribution in [1.29, 1.82) is 0 Å². The molecule has 0 fully saturated rings. The summed E-state index contributed by atoms with van der Waals surface area (Å²) in [6.07, 6.45) is 36.3. The van der Waals surface area contributed by atoms with Gasteiger partial charge < -0.3 is 28.8 Å². The summed E-state index contributed by atoms with van der Waals surface area (Å²) in [5.41, 5.74) is 0. The second kappa shape index (κ2) is 34.0. The second-order valence-electron chi connectivity index (χ2n) is 15.7. The number of unbranched alkanes of at least 4 members (excludes halogenated alkanes) is 23. The Bertz CT molecular complexity index is 834. The number of rotatable bonds is 38. The standard InChI is InChI=1S/C41H83N2O6P/c1-6-8-10-12-14-16-18-20-22-24-26-28-30-32-34-40(44)39(38-49-50(46,47)48-37-36-43(3,4)5)42-41(45)35-33-31-29-27-25-23-21-19-17-15-13-11-9-7-2/h19,21,39-40,44H,6-18,20,22-38H2,1-5H3,(H-,42,45,46,47)/b21-19-. The number of carbonyl (C=O) groups excluding carboxylic acids is 1. The van der Waals surface area contributed by atoms with Crippen molar-refractivity contribution in [3.05, 3.63) is 12.2 Å². The van der Waals surface area contributed by atoms with Crippen molar-refractivity contribution in [2.24, 2.45) is 0 Å². The molecule has 1 amide bonds. The molecule has 0 radical (unpaired) electrons. The van der Waals surface area contributed by atoms with Gasteiger partial charge in [-0.05, 0) is 38.5 Å². The van der Waals surface area contributed by atoms with Gasteiger partial charge in [0.15, 0.2) is 0 Å². The van der Waals surface area contributed by atoms with Crippen molar-refractivity contribution in [2.75, 3.05) is 40.9 Å². The topological polar surface area (TPSA) is 108 Å². The zero-order chi connectivity index (χ0) is 37.2. The van der Waals surface area contributed by atoms with Crippen LogP contribution in [-0.2, 0) is 18.4 Å². The molecule has 0 saturated heterocycles. The van der Waals surface area contributed by atoms with Crippen LogP contribution in [0.15, 0.2) is 12.2 Å². The van der Waals surface area contributed by atoms with Crippen molar-refractivity contribution < 1.29 is 32.9 Å². The number of phosphoric ester groups is 1. The molecule has 0 aromatic carbocycles. The highest BCUT2D eigenvalue weighted by Gasteiger charge is 2.24. The maximum Gasteiger partial charge on any atom is 0.268 e. The Morgan fingerprint density at radius 1 is 0.680 bits per heavy atom. The number of aliphatic hydroxyl groups excluding tert-OH is 1. The number of nitrogens with zero attached hydrogens (tertiary/aromatic N) is 1. The normalized spacial score (nSPS) is 14.6. The molecule has 0 aromatic rings. The number of likely N-dealkylation sites (N-methyl/N-ethyl adjacent to an activating group) is 1. The molecule has 2 N–H and O–H groups in total. The molecule has 3 atom stereocenters. The van der Waals surface area contributed by atoms with Gasteiger partial charge >= 0.3 is 0 Å². The highest BCUT2D eigenvalue weighted by Crippen LogP contribution is 2.38. The lowest BCUT2D eigenvalue weighted by Crippen LogP contribution is -2.46. The summed E-state index contributed by atoms with van der Waals surface area (Å²) in [6.45, 7) is 4.70. The third-order valence-corrected chi connectivity index (χ3v) is 10.5. The highest BCUT2D eigenvalue weighted by molar-refractivity contribution is 7.45. The number of aliphatic hydroxyl groups is 1. The molecular weight excluding hydrogens is 647 g/mol. The van der Waals surface area contributed by atoms with Gasteiger partial charge in [0.1, 0.15) is 13.2 Å². The van der Waals surface area contributed by atoms with Gasteiger partial charge in [0.2, 0.25) is 5.91 Å². The van der Waals surface area contributed by atoms with Crippen molar-refractivity contribution >= 4 is 13.7 Å². The number of allylic oxidation sites excluding steroid dienone is 2. The van der Waals surface area contributed by atoms with E-state index in [2.05, 4.69) is 31.3 Å². The zero-order valence-electron chi connectivity index (χ0n) is 33.6. The number of phosphoric acid groups is 1. The van der Waals surface area contributed by atoms with Crippen LogP contribution in [0.2, 0.25) is 0 Å². The molecule has 8 nitrogen and oxygen atoms in total. The van der Waals surface area contributed by atoms with E-state index in [-0.39, 0.29) is 19.1 Å². The largest absolute Gasteiger partial charge is 0.756 e. The highest BCUT2D eigenvalue weighted by atomic mass is 31.2. The molecule has 0 rings (SSSR count). The summed E-state index contributed by atoms with van der Waals surface area (Å²) in [5, 5.41) is 13.9. The maximum atomic E-state index is 12.8. The van der Waals surface area contributed by atoms with E-state index < -0.39 is 20.0 Å². The monoisotopic (exact) mass is 731 g/mol. The van der Waals surface area contributed by atoms with Gasteiger partial charge in [-0.1, -0.05) is 161 Å². The van der Waals surface area contributed by atoms with Crippen LogP contribution in [0.1, 0.15) is 194 Å². The Morgan fingerprint density at radius 2 is 1.10 bits per heavy atom. The van der Waals surface area contributed by atoms with Gasteiger partial charge in [-0.25, -0.2) is 0 Å². The molecule has 0 aliphatic rings. The average Bonchev–Trinajstić information content (AvgIpc) is 3.06. The minimum absolute atomic E-state index is 0.0122. The molecule has 0 aliphatic carbocycles. The van der Waals surface area contributed by atoms with Crippen LogP contribution in [0.3, 0.4) is 0 Å². The summed E-state index contributed by atoms with van der Waals surface area (Å²) in [5.74, 6) is -0.174. The fraction of sp³-hybridized carbons (Fsp3) is 0.927. The SMILES string of the molecule is CCCCCCC/C=C\CCCCCCCC(=O)NC(COP(=O)([O-])OCC[N+](C)(C)C)C(O)CCCCCCCCCCCCCCCC. The van der Waals surface area contributed by atoms with Crippen LogP contribution in [0.4, 0.5) is 0 Å². The molecule has 0 saturated carbocycles. The Balaban J connectivity index is 4.42. The Kier molecular flexibility index (Phi) is 33.5. The maximum absolute atomic E-state index is 12.8. The van der Waals surface area contributed by atoms with Crippen LogP contribution in [0.25, 0.3) is 0 Å². The average molecular weight is 731 g/mol. The second-order valence-corrected chi connectivity index (χ2v) is 17.1. The first-order valence-electron chi connectivity index (χ1n) is 21.0. The van der Waals surface area contributed by atoms with E-state index in [1.165, 1.54) is 116 Å². The Hall–Kier alpha value is -0.760. The number of hydrogen-bond donors (Lipinski definition) is 2. The summed E-state index contributed by atoms with van der Waals surface area (Å²) in [7, 11) is 1.30. The van der Waals surface area contributed by atoms with Gasteiger partial charge in [0, 0.05) is 6.42 Å². The van der Waals surface area contributed by atoms with Crippen molar-refractivity contribution in [2.45, 2.75) is 206 Å². The lowest BCUT2D eigenvalue weighted by Gasteiger charge is -2.30. The van der Waals surface area contributed by atoms with E-state index in [4.69, 9.17) is 9.05 Å². The summed E-state index contributed by atoms with van der Waals surface area (Å²) in [4.78, 5) is 25.2. The van der Waals surface area contributed by atoms with Crippen LogP contribution in [0, 0.1) is 0 Å². The Morgan fingerprint density at radius 3 is 1.56 bits per heavy atom. The van der Waals surface area contributed by atoms with Crippen LogP contribution >= 0.6 is 7.82 Å². The van der Waals surface area contributed by atoms with E-state index in [1.54, 1.807) is 0 Å². The van der Waals surface area contributed by atoms with Crippen molar-refractivity contribution in [3.8, 4) is 0 Å². The molecule has 3 unspecified atom stereocenters. The molecular formula is C41H83N2O6P. The molecule has 0 aromatic heterocycles. The summed E-state index contributed by atoms with van der Waals surface area (Å²) in [6, 6.07) is -0.799. The van der Waals surface area contributed by atoms with Crippen LogP contribution < -0.4 is 10.2 Å². The molecule has 0 spiro atoms. The minimum atomic E-state index is -4.56. The number of hydrogen-bond acceptors (Lipinski definition) is 6. The van der Waals surface area contributed by atoms with E-state index in [0.717, 1.165) is 51.4 Å². The van der Waals surface area contributed by atoms with Gasteiger partial charge in [0.05, 0.1) is 39.9 Å². The van der Waals surface area contributed by atoms with Gasteiger partial charge in [-0.2, -0.15) is 0 Å². The molecule has 0 aliphatic heterocycles. The van der Waals surface area contributed by atoms with Crippen LogP contribution in [-0.4, -0.2) is 68.5 Å². The van der Waals surface area contributed by atoms with E-state index in [1.807, 2.05) is 21.1 Å². The number of carbonyl (C=O) groups is 1. The van der Waals surface area contributed by atoms with Crippen molar-refractivity contribution in [3.63, 3.8) is 0 Å². The van der Waals surface area contributed by atoms with Gasteiger partial charge in [-0.3, -0.25) is 9.36 Å². The van der Waals surface area contributed by atoms with E-state index >= 15 is 0 Å². The number of quaternary nitrogens is 1.